The Hall–Kier alpha value is -1.75. The Labute approximate surface area is 156 Å². The number of nitrogens with zero attached hydrogens (tertiary/aromatic N) is 1. The van der Waals surface area contributed by atoms with Crippen LogP contribution in [0.4, 0.5) is 0 Å². The Morgan fingerprint density at radius 1 is 1.15 bits per heavy atom. The van der Waals surface area contributed by atoms with Gasteiger partial charge >= 0.3 is 0 Å². The van der Waals surface area contributed by atoms with Crippen molar-refractivity contribution >= 4 is 37.1 Å². The van der Waals surface area contributed by atoms with Crippen LogP contribution in [-0.2, 0) is 26.4 Å². The minimum Gasteiger partial charge on any atom is -0.337 e. The van der Waals surface area contributed by atoms with Crippen molar-refractivity contribution in [3.63, 3.8) is 0 Å². The molecule has 2 heterocycles. The number of carbonyl (C=O) groups excluding carboxylic acids is 1. The van der Waals surface area contributed by atoms with Crippen LogP contribution in [0, 0.1) is 0 Å². The molecule has 7 nitrogen and oxygen atoms in total. The number of hydrogen-bond donors (Lipinski definition) is 1. The van der Waals surface area contributed by atoms with Crippen molar-refractivity contribution in [1.82, 2.24) is 9.62 Å². The number of sulfonamides is 1. The number of sulfone groups is 1. The highest BCUT2D eigenvalue weighted by atomic mass is 32.2. The van der Waals surface area contributed by atoms with E-state index in [-0.39, 0.29) is 47.5 Å². The maximum Gasteiger partial charge on any atom is 0.253 e. The summed E-state index contributed by atoms with van der Waals surface area (Å²) in [4.78, 5) is 14.9. The highest BCUT2D eigenvalue weighted by molar-refractivity contribution is 7.91. The quantitative estimate of drug-likeness (QED) is 0.790. The molecule has 1 aromatic heterocycles. The van der Waals surface area contributed by atoms with E-state index >= 15 is 0 Å². The lowest BCUT2D eigenvalue weighted by Crippen LogP contribution is -2.43. The van der Waals surface area contributed by atoms with Crippen LogP contribution >= 0.6 is 11.3 Å². The van der Waals surface area contributed by atoms with Crippen LogP contribution in [0.15, 0.2) is 46.7 Å². The Morgan fingerprint density at radius 2 is 1.88 bits per heavy atom. The first-order chi connectivity index (χ1) is 12.3. The van der Waals surface area contributed by atoms with Gasteiger partial charge in [0.15, 0.2) is 9.84 Å². The fourth-order valence-corrected chi connectivity index (χ4v) is 5.55. The summed E-state index contributed by atoms with van der Waals surface area (Å²) in [5.41, 5.74) is 0.225. The van der Waals surface area contributed by atoms with E-state index in [4.69, 9.17) is 0 Å². The van der Waals surface area contributed by atoms with Crippen molar-refractivity contribution in [2.24, 2.45) is 0 Å². The van der Waals surface area contributed by atoms with Crippen molar-refractivity contribution in [1.29, 1.82) is 0 Å². The minimum atomic E-state index is -3.75. The van der Waals surface area contributed by atoms with Gasteiger partial charge in [-0.2, -0.15) is 0 Å². The van der Waals surface area contributed by atoms with Crippen LogP contribution < -0.4 is 4.72 Å². The molecule has 1 aliphatic heterocycles. The normalized spacial score (nSPS) is 17.2. The van der Waals surface area contributed by atoms with Crippen LogP contribution in [0.1, 0.15) is 15.2 Å². The molecule has 0 atom stereocenters. The maximum absolute atomic E-state index is 12.6. The average molecular weight is 415 g/mol. The lowest BCUT2D eigenvalue weighted by molar-refractivity contribution is 0.0770. The first-order valence-electron chi connectivity index (χ1n) is 7.89. The Kier molecular flexibility index (Phi) is 5.47. The number of carbonyl (C=O) groups is 1. The third-order valence-electron chi connectivity index (χ3n) is 4.04. The Balaban J connectivity index is 1.74. The summed E-state index contributed by atoms with van der Waals surface area (Å²) in [6.45, 7) is 0.422. The number of rotatable bonds is 5. The molecule has 1 fully saturated rings. The van der Waals surface area contributed by atoms with Gasteiger partial charge in [0, 0.05) is 30.1 Å². The van der Waals surface area contributed by atoms with Crippen LogP contribution in [0.3, 0.4) is 0 Å². The fourth-order valence-electron chi connectivity index (χ4n) is 2.56. The molecule has 3 rings (SSSR count). The SMILES string of the molecule is O=C(c1cccc(S(=O)(=O)NCc2cccs2)c1)N1CCS(=O)(=O)CC1. The summed E-state index contributed by atoms with van der Waals surface area (Å²) in [6.07, 6.45) is 0. The van der Waals surface area contributed by atoms with Crippen molar-refractivity contribution in [2.75, 3.05) is 24.6 Å². The lowest BCUT2D eigenvalue weighted by atomic mass is 10.2. The van der Waals surface area contributed by atoms with Crippen LogP contribution in [0.2, 0.25) is 0 Å². The molecule has 2 aromatic rings. The summed E-state index contributed by atoms with van der Waals surface area (Å²) in [7, 11) is -6.84. The molecule has 1 aromatic carbocycles. The number of thiophene rings is 1. The van der Waals surface area contributed by atoms with Crippen molar-refractivity contribution < 1.29 is 21.6 Å². The molecule has 10 heteroatoms. The molecule has 1 N–H and O–H groups in total. The second kappa shape index (κ2) is 7.47. The second-order valence-electron chi connectivity index (χ2n) is 5.88. The smallest absolute Gasteiger partial charge is 0.253 e. The van der Waals surface area contributed by atoms with E-state index in [0.717, 1.165) is 4.88 Å². The van der Waals surface area contributed by atoms with E-state index in [1.807, 2.05) is 17.5 Å². The Bertz CT molecular complexity index is 984. The standard InChI is InChI=1S/C16H18N2O5S3/c19-16(18-6-9-25(20,21)10-7-18)13-3-1-5-15(11-13)26(22,23)17-12-14-4-2-8-24-14/h1-5,8,11,17H,6-7,9-10,12H2. The highest BCUT2D eigenvalue weighted by Gasteiger charge is 2.26. The summed E-state index contributed by atoms with van der Waals surface area (Å²) < 4.78 is 50.4. The molecular weight excluding hydrogens is 396 g/mol. The fraction of sp³-hybridized carbons (Fsp3) is 0.312. The molecular formula is C16H18N2O5S3. The molecule has 0 unspecified atom stereocenters. The number of amides is 1. The molecule has 0 radical (unpaired) electrons. The zero-order valence-electron chi connectivity index (χ0n) is 13.8. The molecule has 0 bridgehead atoms. The van der Waals surface area contributed by atoms with E-state index in [0.29, 0.717) is 0 Å². The number of hydrogen-bond acceptors (Lipinski definition) is 6. The van der Waals surface area contributed by atoms with Gasteiger partial charge in [0.1, 0.15) is 0 Å². The molecule has 1 saturated heterocycles. The summed E-state index contributed by atoms with van der Waals surface area (Å²) >= 11 is 1.45. The molecule has 26 heavy (non-hydrogen) atoms. The molecule has 0 aliphatic carbocycles. The van der Waals surface area contributed by atoms with Crippen molar-refractivity contribution in [3.8, 4) is 0 Å². The van der Waals surface area contributed by atoms with Gasteiger partial charge in [0.05, 0.1) is 16.4 Å². The average Bonchev–Trinajstić information content (AvgIpc) is 3.13. The monoisotopic (exact) mass is 414 g/mol. The first kappa shape index (κ1) is 19.0. The zero-order valence-corrected chi connectivity index (χ0v) is 16.2. The Morgan fingerprint density at radius 3 is 2.54 bits per heavy atom. The molecule has 1 aliphatic rings. The van der Waals surface area contributed by atoms with Gasteiger partial charge in [-0.15, -0.1) is 11.3 Å². The molecule has 0 spiro atoms. The summed E-state index contributed by atoms with van der Waals surface area (Å²) in [6, 6.07) is 9.46. The molecule has 0 saturated carbocycles. The highest BCUT2D eigenvalue weighted by Crippen LogP contribution is 2.16. The predicted molar refractivity (Wildman–Crippen MR) is 99.3 cm³/mol. The van der Waals surface area contributed by atoms with E-state index in [1.165, 1.54) is 40.5 Å². The molecule has 140 valence electrons. The largest absolute Gasteiger partial charge is 0.337 e. The van der Waals surface area contributed by atoms with E-state index in [1.54, 1.807) is 0 Å². The van der Waals surface area contributed by atoms with Crippen LogP contribution in [-0.4, -0.2) is 52.2 Å². The van der Waals surface area contributed by atoms with Gasteiger partial charge in [-0.05, 0) is 29.6 Å². The second-order valence-corrected chi connectivity index (χ2v) is 11.0. The number of benzene rings is 1. The van der Waals surface area contributed by atoms with Gasteiger partial charge in [-0.3, -0.25) is 4.79 Å². The van der Waals surface area contributed by atoms with Gasteiger partial charge in [0.2, 0.25) is 10.0 Å². The summed E-state index contributed by atoms with van der Waals surface area (Å²) in [5, 5.41) is 1.86. The van der Waals surface area contributed by atoms with Gasteiger partial charge in [0.25, 0.3) is 5.91 Å². The first-order valence-corrected chi connectivity index (χ1v) is 12.1. The third kappa shape index (κ3) is 4.50. The van der Waals surface area contributed by atoms with Crippen LogP contribution in [0.25, 0.3) is 0 Å². The predicted octanol–water partition coefficient (Wildman–Crippen LogP) is 1.10. The van der Waals surface area contributed by atoms with Gasteiger partial charge in [-0.25, -0.2) is 21.6 Å². The van der Waals surface area contributed by atoms with Crippen LogP contribution in [0.5, 0.6) is 0 Å². The van der Waals surface area contributed by atoms with Crippen molar-refractivity contribution in [2.45, 2.75) is 11.4 Å². The molecule has 1 amide bonds. The summed E-state index contributed by atoms with van der Waals surface area (Å²) in [5.74, 6) is -0.506. The van der Waals surface area contributed by atoms with Crippen molar-refractivity contribution in [3.05, 3.63) is 52.2 Å². The lowest BCUT2D eigenvalue weighted by Gasteiger charge is -2.26. The van der Waals surface area contributed by atoms with E-state index in [9.17, 15) is 21.6 Å². The van der Waals surface area contributed by atoms with E-state index < -0.39 is 19.9 Å². The minimum absolute atomic E-state index is 0.00420. The van der Waals surface area contributed by atoms with Gasteiger partial charge in [-0.1, -0.05) is 12.1 Å². The van der Waals surface area contributed by atoms with E-state index in [2.05, 4.69) is 4.72 Å². The maximum atomic E-state index is 12.6. The third-order valence-corrected chi connectivity index (χ3v) is 7.92. The van der Waals surface area contributed by atoms with Gasteiger partial charge < -0.3 is 4.90 Å². The number of nitrogens with one attached hydrogen (secondary N) is 1. The topological polar surface area (TPSA) is 101 Å². The zero-order chi connectivity index (χ0) is 18.8.